The van der Waals surface area contributed by atoms with Gasteiger partial charge in [0.15, 0.2) is 11.4 Å². The third-order valence-corrected chi connectivity index (χ3v) is 7.63. The summed E-state index contributed by atoms with van der Waals surface area (Å²) in [4.78, 5) is 41.1. The van der Waals surface area contributed by atoms with E-state index in [2.05, 4.69) is 5.32 Å². The number of halogens is 3. The minimum Gasteiger partial charge on any atom is -0.503 e. The number of hydrogen-bond acceptors (Lipinski definition) is 5. The monoisotopic (exact) mass is 523 g/mol. The number of benzene rings is 1. The Kier molecular flexibility index (Phi) is 7.38. The van der Waals surface area contributed by atoms with Crippen LogP contribution in [-0.2, 0) is 6.54 Å². The molecule has 194 valence electrons. The number of fused-ring (bicyclic) bond motifs is 3. The lowest BCUT2D eigenvalue weighted by atomic mass is 9.78. The van der Waals surface area contributed by atoms with Gasteiger partial charge in [-0.25, -0.2) is 8.78 Å². The molecule has 11 heteroatoms. The molecular formula is C25H28ClF2N3O5. The van der Waals surface area contributed by atoms with Crippen LogP contribution in [-0.4, -0.2) is 50.2 Å². The molecule has 4 rings (SSSR count). The Morgan fingerprint density at radius 2 is 2.00 bits per heavy atom. The molecule has 3 N–H and O–H groups in total. The Morgan fingerprint density at radius 3 is 2.69 bits per heavy atom. The zero-order valence-corrected chi connectivity index (χ0v) is 20.7. The van der Waals surface area contributed by atoms with Gasteiger partial charge in [-0.3, -0.25) is 14.4 Å². The van der Waals surface area contributed by atoms with E-state index in [1.54, 1.807) is 4.90 Å². The van der Waals surface area contributed by atoms with Crippen LogP contribution >= 0.6 is 11.6 Å². The molecule has 0 spiro atoms. The van der Waals surface area contributed by atoms with Crippen molar-refractivity contribution in [2.75, 3.05) is 6.61 Å². The highest BCUT2D eigenvalue weighted by Crippen LogP contribution is 2.43. The third-order valence-electron chi connectivity index (χ3n) is 7.28. The average molecular weight is 524 g/mol. The number of aromatic hydroxyl groups is 1. The zero-order valence-electron chi connectivity index (χ0n) is 19.9. The summed E-state index contributed by atoms with van der Waals surface area (Å²) >= 11 is 5.59. The van der Waals surface area contributed by atoms with Crippen molar-refractivity contribution < 1.29 is 28.6 Å². The molecule has 1 aromatic carbocycles. The Balaban J connectivity index is 1.72. The summed E-state index contributed by atoms with van der Waals surface area (Å²) in [6.45, 7) is 3.36. The molecule has 1 fully saturated rings. The molecule has 0 bridgehead atoms. The highest BCUT2D eigenvalue weighted by molar-refractivity contribution is 6.30. The van der Waals surface area contributed by atoms with E-state index in [0.717, 1.165) is 25.0 Å². The molecule has 0 radical (unpaired) electrons. The predicted octanol–water partition coefficient (Wildman–Crippen LogP) is 3.37. The maximum Gasteiger partial charge on any atom is 0.275 e. The van der Waals surface area contributed by atoms with Crippen molar-refractivity contribution in [1.29, 1.82) is 0 Å². The SMILES string of the molecule is CC1CCC[C@@H]2[C@H]1N([C@@H](C)CCO)C(=O)c1c(O)c(=O)c(C(=O)NCc3ccc(F)c(Cl)c3F)cn12. The van der Waals surface area contributed by atoms with Crippen LogP contribution in [0.5, 0.6) is 5.75 Å². The number of aromatic nitrogens is 1. The van der Waals surface area contributed by atoms with Gasteiger partial charge in [-0.2, -0.15) is 0 Å². The summed E-state index contributed by atoms with van der Waals surface area (Å²) < 4.78 is 29.2. The quantitative estimate of drug-likeness (QED) is 0.503. The minimum atomic E-state index is -1.03. The first kappa shape index (κ1) is 26.1. The molecule has 36 heavy (non-hydrogen) atoms. The fourth-order valence-electron chi connectivity index (χ4n) is 5.44. The molecule has 8 nitrogen and oxygen atoms in total. The Morgan fingerprint density at radius 1 is 1.28 bits per heavy atom. The van der Waals surface area contributed by atoms with Gasteiger partial charge in [0.2, 0.25) is 5.43 Å². The van der Waals surface area contributed by atoms with E-state index >= 15 is 0 Å². The Bertz CT molecular complexity index is 1270. The number of nitrogens with one attached hydrogen (secondary N) is 1. The number of pyridine rings is 1. The molecule has 2 aliphatic rings. The molecule has 2 aromatic rings. The molecule has 0 saturated heterocycles. The molecule has 1 aliphatic heterocycles. The van der Waals surface area contributed by atoms with Crippen LogP contribution in [0.15, 0.2) is 23.1 Å². The summed E-state index contributed by atoms with van der Waals surface area (Å²) in [5, 5.41) is 21.9. The minimum absolute atomic E-state index is 0.0816. The van der Waals surface area contributed by atoms with Crippen molar-refractivity contribution >= 4 is 23.4 Å². The van der Waals surface area contributed by atoms with Gasteiger partial charge in [0.1, 0.15) is 22.2 Å². The van der Waals surface area contributed by atoms with E-state index in [1.807, 2.05) is 13.8 Å². The second kappa shape index (κ2) is 10.2. The number of aliphatic hydroxyl groups excluding tert-OH is 1. The van der Waals surface area contributed by atoms with E-state index in [0.29, 0.717) is 12.8 Å². The van der Waals surface area contributed by atoms with E-state index in [4.69, 9.17) is 11.6 Å². The number of nitrogens with zero attached hydrogens (tertiary/aromatic N) is 2. The van der Waals surface area contributed by atoms with Crippen LogP contribution in [0, 0.1) is 17.6 Å². The van der Waals surface area contributed by atoms with E-state index in [9.17, 15) is 33.4 Å². The number of carbonyl (C=O) groups excluding carboxylic acids is 2. The van der Waals surface area contributed by atoms with Crippen molar-refractivity contribution in [2.45, 2.75) is 64.2 Å². The highest BCUT2D eigenvalue weighted by Gasteiger charge is 2.47. The van der Waals surface area contributed by atoms with Crippen molar-refractivity contribution in [3.63, 3.8) is 0 Å². The largest absolute Gasteiger partial charge is 0.503 e. The first-order valence-electron chi connectivity index (χ1n) is 11.9. The topological polar surface area (TPSA) is 112 Å². The number of carbonyl (C=O) groups is 2. The third kappa shape index (κ3) is 4.37. The van der Waals surface area contributed by atoms with Crippen molar-refractivity contribution in [3.8, 4) is 5.75 Å². The lowest BCUT2D eigenvalue weighted by Gasteiger charge is -2.51. The van der Waals surface area contributed by atoms with E-state index in [-0.39, 0.29) is 48.5 Å². The fourth-order valence-corrected chi connectivity index (χ4v) is 5.62. The normalized spacial score (nSPS) is 22.1. The molecule has 1 aliphatic carbocycles. The van der Waals surface area contributed by atoms with Crippen LogP contribution < -0.4 is 10.7 Å². The highest BCUT2D eigenvalue weighted by atomic mass is 35.5. The number of hydrogen-bond donors (Lipinski definition) is 3. The zero-order chi connectivity index (χ0) is 26.3. The molecule has 1 unspecified atom stereocenters. The number of amides is 2. The maximum absolute atomic E-state index is 14.2. The predicted molar refractivity (Wildman–Crippen MR) is 128 cm³/mol. The van der Waals surface area contributed by atoms with Crippen molar-refractivity contribution in [2.24, 2.45) is 5.92 Å². The fraction of sp³-hybridized carbons (Fsp3) is 0.480. The first-order chi connectivity index (χ1) is 17.1. The first-order valence-corrected chi connectivity index (χ1v) is 12.3. The Hall–Kier alpha value is -2.98. The molecule has 2 amide bonds. The lowest BCUT2D eigenvalue weighted by molar-refractivity contribution is 0.00983. The van der Waals surface area contributed by atoms with Gasteiger partial charge < -0.3 is 25.0 Å². The lowest BCUT2D eigenvalue weighted by Crippen LogP contribution is -2.58. The van der Waals surface area contributed by atoms with Crippen LogP contribution in [0.25, 0.3) is 0 Å². The molecule has 4 atom stereocenters. The number of aliphatic hydroxyl groups is 1. The van der Waals surface area contributed by atoms with Gasteiger partial charge in [0.25, 0.3) is 11.8 Å². The molecule has 2 heterocycles. The molecule has 1 aromatic heterocycles. The van der Waals surface area contributed by atoms with Gasteiger partial charge in [-0.1, -0.05) is 31.0 Å². The second-order valence-corrected chi connectivity index (χ2v) is 9.91. The van der Waals surface area contributed by atoms with Crippen LogP contribution in [0.4, 0.5) is 8.78 Å². The van der Waals surface area contributed by atoms with Crippen molar-refractivity contribution in [1.82, 2.24) is 14.8 Å². The van der Waals surface area contributed by atoms with Gasteiger partial charge in [-0.05, 0) is 38.2 Å². The van der Waals surface area contributed by atoms with Crippen LogP contribution in [0.1, 0.15) is 72.0 Å². The van der Waals surface area contributed by atoms with Crippen LogP contribution in [0.2, 0.25) is 5.02 Å². The smallest absolute Gasteiger partial charge is 0.275 e. The van der Waals surface area contributed by atoms with E-state index in [1.165, 1.54) is 10.8 Å². The Labute approximate surface area is 211 Å². The number of rotatable bonds is 6. The summed E-state index contributed by atoms with van der Waals surface area (Å²) in [6, 6.07) is 1.25. The standard InChI is InChI=1S/C25H28ClF2N3O5/c1-12-4-3-5-17-20(12)31(13(2)8-9-32)25(36)21-23(34)22(33)15(11-30(17)21)24(35)29-10-14-6-7-16(27)18(26)19(14)28/h6-7,11-13,17,20,32,34H,3-5,8-10H2,1-2H3,(H,29,35)/t12?,13-,17+,20-/m0/s1. The van der Waals surface area contributed by atoms with Gasteiger partial charge >= 0.3 is 0 Å². The summed E-state index contributed by atoms with van der Waals surface area (Å²) in [7, 11) is 0. The summed E-state index contributed by atoms with van der Waals surface area (Å²) in [5.74, 6) is -4.09. The van der Waals surface area contributed by atoms with Gasteiger partial charge in [-0.15, -0.1) is 0 Å². The van der Waals surface area contributed by atoms with Crippen molar-refractivity contribution in [3.05, 3.63) is 62.0 Å². The molecule has 1 saturated carbocycles. The van der Waals surface area contributed by atoms with Crippen LogP contribution in [0.3, 0.4) is 0 Å². The maximum atomic E-state index is 14.2. The summed E-state index contributed by atoms with van der Waals surface area (Å²) in [6.07, 6.45) is 4.04. The van der Waals surface area contributed by atoms with Gasteiger partial charge in [0, 0.05) is 31.0 Å². The summed E-state index contributed by atoms with van der Waals surface area (Å²) in [5.41, 5.74) is -1.69. The van der Waals surface area contributed by atoms with E-state index < -0.39 is 45.2 Å². The average Bonchev–Trinajstić information content (AvgIpc) is 2.84. The molecular weight excluding hydrogens is 496 g/mol. The second-order valence-electron chi connectivity index (χ2n) is 9.53. The van der Waals surface area contributed by atoms with Gasteiger partial charge in [0.05, 0.1) is 12.1 Å².